The maximum atomic E-state index is 11.8. The van der Waals surface area contributed by atoms with Gasteiger partial charge >= 0.3 is 6.03 Å². The summed E-state index contributed by atoms with van der Waals surface area (Å²) in [4.78, 5) is 15.3. The third kappa shape index (κ3) is 2.58. The van der Waals surface area contributed by atoms with Crippen molar-refractivity contribution in [3.8, 4) is 0 Å². The van der Waals surface area contributed by atoms with Crippen LogP contribution in [0.4, 0.5) is 10.5 Å². The van der Waals surface area contributed by atoms with Crippen molar-refractivity contribution in [1.29, 1.82) is 0 Å². The van der Waals surface area contributed by atoms with Gasteiger partial charge in [-0.1, -0.05) is 12.1 Å². The third-order valence-electron chi connectivity index (χ3n) is 3.00. The summed E-state index contributed by atoms with van der Waals surface area (Å²) in [6.07, 6.45) is 0.314. The molecule has 1 aromatic rings. The highest BCUT2D eigenvalue weighted by Gasteiger charge is 2.26. The molecule has 2 rings (SSSR count). The Morgan fingerprint density at radius 2 is 1.94 bits per heavy atom. The van der Waals surface area contributed by atoms with Gasteiger partial charge in [0.15, 0.2) is 0 Å². The minimum atomic E-state index is -0.333. The fourth-order valence-electron chi connectivity index (χ4n) is 2.04. The van der Waals surface area contributed by atoms with Gasteiger partial charge in [0.1, 0.15) is 0 Å². The molecule has 0 aliphatic carbocycles. The van der Waals surface area contributed by atoms with Crippen molar-refractivity contribution < 1.29 is 9.90 Å². The number of hydrogen-bond acceptors (Lipinski definition) is 2. The Bertz CT molecular complexity index is 400. The van der Waals surface area contributed by atoms with Gasteiger partial charge in [0, 0.05) is 25.8 Å². The lowest BCUT2D eigenvalue weighted by molar-refractivity contribution is 0.195. The molecule has 1 unspecified atom stereocenters. The Balaban J connectivity index is 2.10. The summed E-state index contributed by atoms with van der Waals surface area (Å²) in [5.41, 5.74) is 2.01. The van der Waals surface area contributed by atoms with E-state index in [0.717, 1.165) is 24.3 Å². The monoisotopic (exact) mass is 234 g/mol. The highest BCUT2D eigenvalue weighted by molar-refractivity contribution is 5.93. The van der Waals surface area contributed by atoms with Gasteiger partial charge in [0.25, 0.3) is 0 Å². The Morgan fingerprint density at radius 1 is 1.29 bits per heavy atom. The zero-order valence-corrected chi connectivity index (χ0v) is 10.3. The van der Waals surface area contributed by atoms with Crippen molar-refractivity contribution in [3.05, 3.63) is 29.8 Å². The number of aliphatic hydroxyl groups excluding tert-OH is 1. The maximum Gasteiger partial charge on any atom is 0.324 e. The summed E-state index contributed by atoms with van der Waals surface area (Å²) in [6.45, 7) is 3.28. The molecule has 1 N–H and O–H groups in total. The molecule has 0 saturated carbocycles. The van der Waals surface area contributed by atoms with Crippen LogP contribution in [0.5, 0.6) is 0 Å². The Labute approximate surface area is 101 Å². The number of carbonyl (C=O) groups excluding carboxylic acids is 1. The van der Waals surface area contributed by atoms with E-state index in [2.05, 4.69) is 0 Å². The van der Waals surface area contributed by atoms with Crippen LogP contribution in [-0.2, 0) is 6.42 Å². The smallest absolute Gasteiger partial charge is 0.324 e. The number of aliphatic hydroxyl groups is 1. The molecule has 1 saturated heterocycles. The molecule has 1 fully saturated rings. The third-order valence-corrected chi connectivity index (χ3v) is 3.00. The number of anilines is 1. The molecule has 1 atom stereocenters. The van der Waals surface area contributed by atoms with Crippen LogP contribution in [0.2, 0.25) is 0 Å². The van der Waals surface area contributed by atoms with E-state index in [1.54, 1.807) is 16.7 Å². The zero-order chi connectivity index (χ0) is 12.4. The van der Waals surface area contributed by atoms with E-state index in [1.807, 2.05) is 31.3 Å². The number of carbonyl (C=O) groups is 1. The van der Waals surface area contributed by atoms with Crippen LogP contribution >= 0.6 is 0 Å². The number of rotatable bonds is 3. The molecule has 17 heavy (non-hydrogen) atoms. The molecule has 0 radical (unpaired) electrons. The van der Waals surface area contributed by atoms with Crippen molar-refractivity contribution in [1.82, 2.24) is 4.90 Å². The van der Waals surface area contributed by atoms with Crippen molar-refractivity contribution in [2.24, 2.45) is 0 Å². The van der Waals surface area contributed by atoms with Crippen LogP contribution < -0.4 is 4.90 Å². The van der Waals surface area contributed by atoms with Gasteiger partial charge < -0.3 is 10.0 Å². The molecule has 0 aromatic heterocycles. The first-order chi connectivity index (χ1) is 8.08. The van der Waals surface area contributed by atoms with Crippen LogP contribution in [0, 0.1) is 0 Å². The fourth-order valence-corrected chi connectivity index (χ4v) is 2.04. The minimum absolute atomic E-state index is 0.0493. The first-order valence-corrected chi connectivity index (χ1v) is 5.87. The number of amides is 2. The van der Waals surface area contributed by atoms with Gasteiger partial charge in [0.05, 0.1) is 6.10 Å². The number of hydrogen-bond donors (Lipinski definition) is 1. The number of urea groups is 1. The summed E-state index contributed by atoms with van der Waals surface area (Å²) < 4.78 is 0. The van der Waals surface area contributed by atoms with Crippen LogP contribution in [-0.4, -0.2) is 42.3 Å². The molecule has 92 valence electrons. The summed E-state index contributed by atoms with van der Waals surface area (Å²) in [7, 11) is 1.81. The summed E-state index contributed by atoms with van der Waals surface area (Å²) in [6, 6.07) is 7.86. The van der Waals surface area contributed by atoms with Gasteiger partial charge in [0.2, 0.25) is 0 Å². The van der Waals surface area contributed by atoms with Gasteiger partial charge in [-0.3, -0.25) is 4.90 Å². The average molecular weight is 234 g/mol. The first-order valence-electron chi connectivity index (χ1n) is 5.87. The van der Waals surface area contributed by atoms with Crippen molar-refractivity contribution in [2.45, 2.75) is 19.4 Å². The number of benzene rings is 1. The molecule has 4 nitrogen and oxygen atoms in total. The van der Waals surface area contributed by atoms with Crippen LogP contribution in [0.3, 0.4) is 0 Å². The maximum absolute atomic E-state index is 11.8. The fraction of sp³-hybridized carbons (Fsp3) is 0.462. The summed E-state index contributed by atoms with van der Waals surface area (Å²) in [5.74, 6) is 0. The number of likely N-dealkylation sites (N-methyl/N-ethyl adjacent to an activating group) is 1. The van der Waals surface area contributed by atoms with E-state index in [9.17, 15) is 9.90 Å². The second-order valence-corrected chi connectivity index (χ2v) is 4.58. The van der Waals surface area contributed by atoms with E-state index < -0.39 is 0 Å². The number of nitrogens with zero attached hydrogens (tertiary/aromatic N) is 2. The lowest BCUT2D eigenvalue weighted by Crippen LogP contribution is -2.29. The first kappa shape index (κ1) is 11.9. The van der Waals surface area contributed by atoms with Crippen molar-refractivity contribution >= 4 is 11.7 Å². The van der Waals surface area contributed by atoms with Gasteiger partial charge in [-0.05, 0) is 31.0 Å². The molecule has 1 aliphatic rings. The lowest BCUT2D eigenvalue weighted by Gasteiger charge is -2.16. The van der Waals surface area contributed by atoms with Crippen LogP contribution in [0.1, 0.15) is 12.5 Å². The highest BCUT2D eigenvalue weighted by Crippen LogP contribution is 2.20. The standard InChI is InChI=1S/C13H18N2O2/c1-10(16)9-11-3-5-12(6-4-11)15-8-7-14(2)13(15)17/h3-6,10,16H,7-9H2,1-2H3. The normalized spacial score (nSPS) is 17.7. The van der Waals surface area contributed by atoms with Crippen molar-refractivity contribution in [2.75, 3.05) is 25.0 Å². The lowest BCUT2D eigenvalue weighted by atomic mass is 10.1. The van der Waals surface area contributed by atoms with E-state index in [-0.39, 0.29) is 12.1 Å². The van der Waals surface area contributed by atoms with Crippen LogP contribution in [0.25, 0.3) is 0 Å². The highest BCUT2D eigenvalue weighted by atomic mass is 16.3. The van der Waals surface area contributed by atoms with Crippen LogP contribution in [0.15, 0.2) is 24.3 Å². The Hall–Kier alpha value is -1.55. The predicted octanol–water partition coefficient (Wildman–Crippen LogP) is 1.48. The summed E-state index contributed by atoms with van der Waals surface area (Å²) in [5, 5.41) is 9.29. The second-order valence-electron chi connectivity index (χ2n) is 4.58. The topological polar surface area (TPSA) is 43.8 Å². The van der Waals surface area contributed by atoms with E-state index >= 15 is 0 Å². The molecule has 0 bridgehead atoms. The summed E-state index contributed by atoms with van der Waals surface area (Å²) >= 11 is 0. The van der Waals surface area contributed by atoms with Gasteiger partial charge in [-0.15, -0.1) is 0 Å². The van der Waals surface area contributed by atoms with Gasteiger partial charge in [-0.2, -0.15) is 0 Å². The SMILES string of the molecule is CC(O)Cc1ccc(N2CCN(C)C2=O)cc1. The minimum Gasteiger partial charge on any atom is -0.393 e. The molecule has 1 aromatic carbocycles. The molecule has 4 heteroatoms. The molecule has 2 amide bonds. The Morgan fingerprint density at radius 3 is 2.41 bits per heavy atom. The molecule has 1 aliphatic heterocycles. The zero-order valence-electron chi connectivity index (χ0n) is 10.3. The predicted molar refractivity (Wildman–Crippen MR) is 67.2 cm³/mol. The molecule has 0 spiro atoms. The van der Waals surface area contributed by atoms with Gasteiger partial charge in [-0.25, -0.2) is 4.79 Å². The Kier molecular flexibility index (Phi) is 3.33. The molecular weight excluding hydrogens is 216 g/mol. The van der Waals surface area contributed by atoms with E-state index in [4.69, 9.17) is 0 Å². The molecule has 1 heterocycles. The van der Waals surface area contributed by atoms with Crippen molar-refractivity contribution in [3.63, 3.8) is 0 Å². The second kappa shape index (κ2) is 4.75. The van der Waals surface area contributed by atoms with E-state index in [0.29, 0.717) is 6.42 Å². The quantitative estimate of drug-likeness (QED) is 0.861. The largest absolute Gasteiger partial charge is 0.393 e. The average Bonchev–Trinajstić information content (AvgIpc) is 2.60. The molecular formula is C13H18N2O2. The van der Waals surface area contributed by atoms with E-state index in [1.165, 1.54) is 0 Å².